The van der Waals surface area contributed by atoms with Crippen LogP contribution in [0.1, 0.15) is 61.3 Å². The zero-order valence-corrected chi connectivity index (χ0v) is 21.8. The Bertz CT molecular complexity index is 1540. The molecule has 0 spiro atoms. The Balaban J connectivity index is 1.58. The van der Waals surface area contributed by atoms with E-state index in [2.05, 4.69) is 18.0 Å². The quantitative estimate of drug-likeness (QED) is 0.413. The number of aliphatic hydroxyl groups is 1. The van der Waals surface area contributed by atoms with E-state index in [4.69, 9.17) is 14.5 Å². The molecule has 0 bridgehead atoms. The van der Waals surface area contributed by atoms with Gasteiger partial charge in [-0.2, -0.15) is 0 Å². The second-order valence-electron chi connectivity index (χ2n) is 10.6. The molecule has 0 unspecified atom stereocenters. The fourth-order valence-electron chi connectivity index (χ4n) is 6.38. The first-order valence-electron chi connectivity index (χ1n) is 13.2. The van der Waals surface area contributed by atoms with Crippen molar-refractivity contribution in [2.45, 2.75) is 63.9 Å². The molecule has 0 aliphatic carbocycles. The van der Waals surface area contributed by atoms with Crippen LogP contribution in [-0.4, -0.2) is 57.7 Å². The molecule has 0 saturated carbocycles. The second kappa shape index (κ2) is 9.03. The van der Waals surface area contributed by atoms with Crippen LogP contribution in [0.25, 0.3) is 22.3 Å². The Morgan fingerprint density at radius 2 is 1.95 bits per heavy atom. The number of cyclic esters (lactones) is 1. The van der Waals surface area contributed by atoms with Crippen LogP contribution < -0.4 is 5.56 Å². The van der Waals surface area contributed by atoms with E-state index in [9.17, 15) is 19.5 Å². The van der Waals surface area contributed by atoms with E-state index in [1.165, 1.54) is 12.5 Å². The Morgan fingerprint density at radius 1 is 1.21 bits per heavy atom. The van der Waals surface area contributed by atoms with E-state index in [0.717, 1.165) is 48.1 Å². The smallest absolute Gasteiger partial charge is 0.351 e. The fourth-order valence-corrected chi connectivity index (χ4v) is 6.38. The molecule has 38 heavy (non-hydrogen) atoms. The molecule has 2 aromatic heterocycles. The van der Waals surface area contributed by atoms with E-state index in [1.54, 1.807) is 17.6 Å². The molecule has 5 heterocycles. The van der Waals surface area contributed by atoms with E-state index >= 15 is 0 Å². The van der Waals surface area contributed by atoms with Gasteiger partial charge >= 0.3 is 11.9 Å². The molecule has 198 valence electrons. The Labute approximate surface area is 220 Å². The number of fused-ring (bicyclic) bond motifs is 5. The van der Waals surface area contributed by atoms with Crippen LogP contribution >= 0.6 is 0 Å². The van der Waals surface area contributed by atoms with Gasteiger partial charge in [-0.15, -0.1) is 0 Å². The van der Waals surface area contributed by atoms with Crippen molar-refractivity contribution in [2.75, 3.05) is 20.1 Å². The van der Waals surface area contributed by atoms with Crippen LogP contribution in [0.15, 0.2) is 35.1 Å². The molecule has 9 heteroatoms. The van der Waals surface area contributed by atoms with Crippen LogP contribution in [-0.2, 0) is 37.8 Å². The third-order valence-electron chi connectivity index (χ3n) is 8.42. The third-order valence-corrected chi connectivity index (χ3v) is 8.42. The van der Waals surface area contributed by atoms with Gasteiger partial charge in [0.2, 0.25) is 6.10 Å². The molecule has 9 nitrogen and oxygen atoms in total. The average Bonchev–Trinajstić information content (AvgIpc) is 3.23. The van der Waals surface area contributed by atoms with Crippen LogP contribution in [0.3, 0.4) is 0 Å². The molecule has 1 saturated heterocycles. The number of nitrogens with zero attached hydrogens (tertiary/aromatic N) is 3. The number of piperidine rings is 1. The number of ether oxygens (including phenoxy) is 2. The first-order chi connectivity index (χ1) is 18.2. The first-order valence-corrected chi connectivity index (χ1v) is 13.2. The summed E-state index contributed by atoms with van der Waals surface area (Å²) in [4.78, 5) is 45.8. The lowest BCUT2D eigenvalue weighted by atomic mass is 9.82. The monoisotopic (exact) mass is 517 g/mol. The maximum absolute atomic E-state index is 13.9. The second-order valence-corrected chi connectivity index (χ2v) is 10.6. The third kappa shape index (κ3) is 3.67. The molecule has 0 radical (unpaired) electrons. The van der Waals surface area contributed by atoms with Gasteiger partial charge in [0, 0.05) is 23.4 Å². The number of carbonyl (C=O) groups excluding carboxylic acids is 2. The van der Waals surface area contributed by atoms with Crippen molar-refractivity contribution in [3.8, 4) is 11.4 Å². The van der Waals surface area contributed by atoms with Crippen molar-refractivity contribution < 1.29 is 24.2 Å². The molecule has 1 N–H and O–H groups in total. The standard InChI is InChI=1S/C29H31N3O6/c1-4-29(36)21-13-23-25-19(14-32(23)27(34)20(21)15-37-28(35)26(29)38-16(2)33)24(17-9-11-31(3)12-10-17)18-7-5-6-8-22(18)30-25/h5-8,13,17,26,36H,4,9-12,14-15H2,1-3H3/t26-,29+/m1/s1. The summed E-state index contributed by atoms with van der Waals surface area (Å²) in [6.45, 7) is 4.92. The topological polar surface area (TPSA) is 111 Å². The SMILES string of the molecule is CC[C@]1(O)c2cc3n(c(=O)c2COC(=O)[C@H]1OC(C)=O)Cc1c-3nc2ccccc2c1C1CCN(C)CC1. The number of hydrogen-bond acceptors (Lipinski definition) is 8. The highest BCUT2D eigenvalue weighted by atomic mass is 16.6. The van der Waals surface area contributed by atoms with Crippen molar-refractivity contribution in [3.63, 3.8) is 0 Å². The molecule has 2 atom stereocenters. The lowest BCUT2D eigenvalue weighted by Crippen LogP contribution is -2.47. The minimum absolute atomic E-state index is 0.0365. The summed E-state index contributed by atoms with van der Waals surface area (Å²) in [6, 6.07) is 9.82. The van der Waals surface area contributed by atoms with Gasteiger partial charge in [-0.05, 0) is 63.0 Å². The van der Waals surface area contributed by atoms with Gasteiger partial charge < -0.3 is 24.0 Å². The molecule has 3 aliphatic rings. The number of aromatic nitrogens is 2. The first kappa shape index (κ1) is 24.8. The summed E-state index contributed by atoms with van der Waals surface area (Å²) < 4.78 is 12.3. The van der Waals surface area contributed by atoms with Crippen molar-refractivity contribution in [1.29, 1.82) is 0 Å². The summed E-state index contributed by atoms with van der Waals surface area (Å²) in [6.07, 6.45) is 0.506. The van der Waals surface area contributed by atoms with Crippen molar-refractivity contribution >= 4 is 22.8 Å². The number of carbonyl (C=O) groups is 2. The number of hydrogen-bond donors (Lipinski definition) is 1. The summed E-state index contributed by atoms with van der Waals surface area (Å²) >= 11 is 0. The molecule has 3 aliphatic heterocycles. The van der Waals surface area contributed by atoms with Crippen LogP contribution in [0.2, 0.25) is 0 Å². The Morgan fingerprint density at radius 3 is 2.66 bits per heavy atom. The maximum atomic E-state index is 13.9. The predicted molar refractivity (Wildman–Crippen MR) is 140 cm³/mol. The summed E-state index contributed by atoms with van der Waals surface area (Å²) in [5.41, 5.74) is 2.63. The maximum Gasteiger partial charge on any atom is 0.351 e. The number of likely N-dealkylation sites (tertiary alicyclic amines) is 1. The Hall–Kier alpha value is -3.56. The molecule has 1 aromatic carbocycles. The van der Waals surface area contributed by atoms with Crippen LogP contribution in [0, 0.1) is 0 Å². The number of pyridine rings is 2. The molecule has 1 fully saturated rings. The summed E-state index contributed by atoms with van der Waals surface area (Å²) in [5, 5.41) is 12.9. The van der Waals surface area contributed by atoms with Gasteiger partial charge in [0.1, 0.15) is 12.2 Å². The van der Waals surface area contributed by atoms with Gasteiger partial charge in [0.25, 0.3) is 5.56 Å². The zero-order chi connectivity index (χ0) is 26.8. The number of benzene rings is 1. The van der Waals surface area contributed by atoms with Gasteiger partial charge in [-0.1, -0.05) is 25.1 Å². The van der Waals surface area contributed by atoms with Gasteiger partial charge in [0.05, 0.1) is 29.0 Å². The zero-order valence-electron chi connectivity index (χ0n) is 21.8. The minimum atomic E-state index is -1.92. The molecular formula is C29H31N3O6. The number of esters is 2. The van der Waals surface area contributed by atoms with Crippen molar-refractivity contribution in [2.24, 2.45) is 0 Å². The van der Waals surface area contributed by atoms with E-state index < -0.39 is 23.6 Å². The number of rotatable bonds is 3. The average molecular weight is 518 g/mol. The fraction of sp³-hybridized carbons (Fsp3) is 0.448. The van der Waals surface area contributed by atoms with Gasteiger partial charge in [-0.3, -0.25) is 9.59 Å². The lowest BCUT2D eigenvalue weighted by molar-refractivity contribution is -0.186. The molecule has 3 aromatic rings. The lowest BCUT2D eigenvalue weighted by Gasteiger charge is -2.32. The minimum Gasteiger partial charge on any atom is -0.458 e. The Kier molecular flexibility index (Phi) is 5.88. The largest absolute Gasteiger partial charge is 0.458 e. The van der Waals surface area contributed by atoms with Gasteiger partial charge in [-0.25, -0.2) is 9.78 Å². The van der Waals surface area contributed by atoms with Crippen LogP contribution in [0.5, 0.6) is 0 Å². The summed E-state index contributed by atoms with van der Waals surface area (Å²) in [7, 11) is 2.14. The number of para-hydroxylation sites is 1. The van der Waals surface area contributed by atoms with E-state index in [1.807, 2.05) is 18.2 Å². The summed E-state index contributed by atoms with van der Waals surface area (Å²) in [5.74, 6) is -1.25. The predicted octanol–water partition coefficient (Wildman–Crippen LogP) is 2.82. The van der Waals surface area contributed by atoms with Crippen molar-refractivity contribution in [3.05, 3.63) is 62.9 Å². The van der Waals surface area contributed by atoms with E-state index in [0.29, 0.717) is 18.2 Å². The highest BCUT2D eigenvalue weighted by Gasteiger charge is 2.50. The van der Waals surface area contributed by atoms with E-state index in [-0.39, 0.29) is 29.7 Å². The van der Waals surface area contributed by atoms with Gasteiger partial charge in [0.15, 0.2) is 0 Å². The van der Waals surface area contributed by atoms with Crippen molar-refractivity contribution in [1.82, 2.24) is 14.5 Å². The highest BCUT2D eigenvalue weighted by molar-refractivity contribution is 5.89. The van der Waals surface area contributed by atoms with Crippen LogP contribution in [0.4, 0.5) is 0 Å². The molecule has 6 rings (SSSR count). The highest BCUT2D eigenvalue weighted by Crippen LogP contribution is 2.44. The normalized spacial score (nSPS) is 23.4. The molecule has 0 amide bonds. The molecular weight excluding hydrogens is 486 g/mol.